The molecule has 0 amide bonds. The number of hydrogen-bond donors (Lipinski definition) is 5. The summed E-state index contributed by atoms with van der Waals surface area (Å²) in [5, 5.41) is 5.62. The maximum atomic E-state index is 11.1. The molecule has 0 aliphatic carbocycles. The number of esters is 5. The molecule has 0 saturated carbocycles. The minimum absolute atomic E-state index is 0.284. The van der Waals surface area contributed by atoms with Crippen molar-refractivity contribution in [2.75, 3.05) is 78.5 Å². The van der Waals surface area contributed by atoms with Crippen molar-refractivity contribution in [2.45, 2.75) is 173 Å². The molecule has 0 unspecified atom stereocenters. The standard InChI is InChI=1S/2C18H26N2O2.C18H24N2O2.C18H22N2O2.C17H24N2O2/c1-12(2)20(13(3)4)9-8-15-11-19-18-7-6-16(10-17(15)18)22-14(5)21;3*1-4-9-20(10-5-2)11-8-15-13-19-18-7-6-16(12-17(15)18)22-14(3)21;1-5-19(12(2)3)9-8-14-11-18-17-7-6-15(10-16(14)17)21-13(4)20/h6-7,10-13,19H,8-9H2,1-5H3;6-7,12-13,19H,4-5,8-11H2,1-3H3;4,6-7,12-13,19H,1,5,8-11H2,2-3H3;4-7,12-13,19H,1-2,8-11H2,3H3;6-7,10-12,18H,5,8-9H2,1-4H3. The topological polar surface area (TPSA) is 227 Å². The normalized spacial score (nSPS) is 11.3. The lowest BCUT2D eigenvalue weighted by Crippen LogP contribution is -2.38. The van der Waals surface area contributed by atoms with Gasteiger partial charge in [0.15, 0.2) is 0 Å². The van der Waals surface area contributed by atoms with E-state index in [9.17, 15) is 24.0 Å². The molecule has 588 valence electrons. The molecule has 5 aromatic carbocycles. The van der Waals surface area contributed by atoms with Crippen LogP contribution in [0.1, 0.15) is 151 Å². The van der Waals surface area contributed by atoms with Crippen LogP contribution in [0, 0.1) is 0 Å². The minimum Gasteiger partial charge on any atom is -0.427 e. The van der Waals surface area contributed by atoms with Gasteiger partial charge >= 0.3 is 29.8 Å². The van der Waals surface area contributed by atoms with Gasteiger partial charge in [0.1, 0.15) is 28.7 Å². The summed E-state index contributed by atoms with van der Waals surface area (Å²) >= 11 is 0. The predicted molar refractivity (Wildman–Crippen MR) is 447 cm³/mol. The molecule has 0 aliphatic heterocycles. The molecule has 0 atom stereocenters. The highest BCUT2D eigenvalue weighted by molar-refractivity contribution is 5.89. The Morgan fingerprint density at radius 2 is 0.587 bits per heavy atom. The SMILES string of the molecule is C=CCN(CC=C)CCc1c[nH]c2ccc(OC(C)=O)cc12.C=CCN(CCC)CCc1c[nH]c2ccc(OC(C)=O)cc12.CC(=O)Oc1ccc2[nH]cc(CCN(C(C)C)C(C)C)c2c1.CCCN(CCC)CCc1c[nH]c2ccc(OC(C)=O)cc12.CCN(CCc1c[nH]c2ccc(OC(C)=O)cc12)C(C)C. The van der Waals surface area contributed by atoms with Crippen LogP contribution in [0.25, 0.3) is 54.5 Å². The van der Waals surface area contributed by atoms with Gasteiger partial charge in [-0.1, -0.05) is 45.9 Å². The smallest absolute Gasteiger partial charge is 0.308 e. The number of hydrogen-bond acceptors (Lipinski definition) is 15. The van der Waals surface area contributed by atoms with Crippen LogP contribution in [0.15, 0.2) is 160 Å². The quantitative estimate of drug-likeness (QED) is 0.0140. The molecule has 20 heteroatoms. The Kier molecular flexibility index (Phi) is 37.1. The highest BCUT2D eigenvalue weighted by Crippen LogP contribution is 2.30. The van der Waals surface area contributed by atoms with E-state index in [1.807, 2.05) is 116 Å². The van der Waals surface area contributed by atoms with Gasteiger partial charge in [-0.15, -0.1) is 19.7 Å². The van der Waals surface area contributed by atoms with Crippen molar-refractivity contribution in [3.05, 3.63) is 188 Å². The lowest BCUT2D eigenvalue weighted by atomic mass is 10.1. The van der Waals surface area contributed by atoms with Crippen molar-refractivity contribution < 1.29 is 47.7 Å². The van der Waals surface area contributed by atoms with Gasteiger partial charge in [-0.05, 0) is 238 Å². The van der Waals surface area contributed by atoms with E-state index in [4.69, 9.17) is 23.7 Å². The first-order valence-corrected chi connectivity index (χ1v) is 38.7. The Morgan fingerprint density at radius 1 is 0.339 bits per heavy atom. The number of ether oxygens (including phenoxy) is 5. The van der Waals surface area contributed by atoms with E-state index in [1.54, 1.807) is 6.07 Å². The van der Waals surface area contributed by atoms with E-state index in [1.165, 1.54) is 75.3 Å². The second-order valence-electron chi connectivity index (χ2n) is 28.2. The van der Waals surface area contributed by atoms with E-state index >= 15 is 0 Å². The third kappa shape index (κ3) is 28.9. The molecular weight excluding hydrogens is 1370 g/mol. The molecule has 20 nitrogen and oxygen atoms in total. The number of likely N-dealkylation sites (N-methyl/N-ethyl adjacent to an activating group) is 1. The summed E-state index contributed by atoms with van der Waals surface area (Å²) in [7, 11) is 0. The molecule has 5 heterocycles. The van der Waals surface area contributed by atoms with Crippen LogP contribution < -0.4 is 23.7 Å². The van der Waals surface area contributed by atoms with Gasteiger partial charge in [0, 0.05) is 191 Å². The fraction of sp³-hybridized carbons (Fsp3) is 0.427. The van der Waals surface area contributed by atoms with Crippen LogP contribution in [-0.2, 0) is 56.1 Å². The van der Waals surface area contributed by atoms with Gasteiger partial charge in [0.05, 0.1) is 0 Å². The number of aromatic nitrogens is 5. The van der Waals surface area contributed by atoms with E-state index in [-0.39, 0.29) is 29.8 Å². The number of H-pyrrole nitrogens is 5. The molecule has 0 aliphatic rings. The molecule has 10 rings (SSSR count). The Hall–Kier alpha value is -9.83. The van der Waals surface area contributed by atoms with Gasteiger partial charge in [-0.3, -0.25) is 38.7 Å². The average Bonchev–Trinajstić information content (AvgIpc) is 1.72. The van der Waals surface area contributed by atoms with Crippen LogP contribution in [0.4, 0.5) is 0 Å². The maximum Gasteiger partial charge on any atom is 0.308 e. The van der Waals surface area contributed by atoms with E-state index in [2.05, 4.69) is 157 Å². The number of nitrogens with one attached hydrogen (secondary N) is 5. The van der Waals surface area contributed by atoms with Crippen molar-refractivity contribution in [2.24, 2.45) is 0 Å². The molecule has 5 aromatic heterocycles. The zero-order valence-corrected chi connectivity index (χ0v) is 67.6. The zero-order chi connectivity index (χ0) is 79.5. The summed E-state index contributed by atoms with van der Waals surface area (Å²) in [6, 6.07) is 30.1. The average molecular weight is 1490 g/mol. The lowest BCUT2D eigenvalue weighted by Gasteiger charge is -2.30. The number of rotatable bonds is 36. The third-order valence-corrected chi connectivity index (χ3v) is 18.6. The van der Waals surface area contributed by atoms with E-state index in [0.29, 0.717) is 46.9 Å². The number of benzene rings is 5. The van der Waals surface area contributed by atoms with Crippen molar-refractivity contribution in [1.82, 2.24) is 49.4 Å². The molecule has 0 bridgehead atoms. The number of aromatic amines is 5. The summed E-state index contributed by atoms with van der Waals surface area (Å²) in [4.78, 5) is 83.9. The van der Waals surface area contributed by atoms with Gasteiger partial charge in [0.2, 0.25) is 0 Å². The van der Waals surface area contributed by atoms with Crippen molar-refractivity contribution in [3.63, 3.8) is 0 Å². The Labute approximate surface area is 646 Å². The third-order valence-electron chi connectivity index (χ3n) is 18.6. The Bertz CT molecular complexity index is 4490. The molecule has 0 fully saturated rings. The second kappa shape index (κ2) is 45.9. The molecule has 5 N–H and O–H groups in total. The first-order chi connectivity index (χ1) is 52.3. The first kappa shape index (κ1) is 88.1. The second-order valence-corrected chi connectivity index (χ2v) is 28.2. The van der Waals surface area contributed by atoms with Crippen molar-refractivity contribution in [3.8, 4) is 28.7 Å². The van der Waals surface area contributed by atoms with Crippen LogP contribution >= 0.6 is 0 Å². The summed E-state index contributed by atoms with van der Waals surface area (Å²) in [5.41, 5.74) is 11.6. The minimum atomic E-state index is -0.306. The fourth-order valence-corrected chi connectivity index (χ4v) is 13.6. The van der Waals surface area contributed by atoms with Gasteiger partial charge in [-0.2, -0.15) is 0 Å². The van der Waals surface area contributed by atoms with Crippen LogP contribution in [0.2, 0.25) is 0 Å². The highest BCUT2D eigenvalue weighted by atomic mass is 16.5. The maximum absolute atomic E-state index is 11.1. The number of fused-ring (bicyclic) bond motifs is 5. The monoisotopic (exact) mass is 1490 g/mol. The van der Waals surface area contributed by atoms with Gasteiger partial charge in [0.25, 0.3) is 0 Å². The van der Waals surface area contributed by atoms with Gasteiger partial charge in [-0.25, -0.2) is 0 Å². The van der Waals surface area contributed by atoms with E-state index in [0.717, 1.165) is 172 Å². The van der Waals surface area contributed by atoms with Crippen LogP contribution in [0.5, 0.6) is 28.7 Å². The highest BCUT2D eigenvalue weighted by Gasteiger charge is 2.18. The lowest BCUT2D eigenvalue weighted by molar-refractivity contribution is -0.132. The Morgan fingerprint density at radius 3 is 0.835 bits per heavy atom. The number of carbonyl (C=O) groups is 5. The summed E-state index contributed by atoms with van der Waals surface area (Å²) in [6.07, 6.45) is 24.3. The first-order valence-electron chi connectivity index (χ1n) is 38.7. The van der Waals surface area contributed by atoms with Crippen molar-refractivity contribution in [1.29, 1.82) is 0 Å². The molecule has 0 spiro atoms. The zero-order valence-electron chi connectivity index (χ0n) is 67.6. The Balaban J connectivity index is 0.000000213. The number of carbonyl (C=O) groups excluding carboxylic acids is 5. The molecule has 0 saturated heterocycles. The van der Waals surface area contributed by atoms with Crippen LogP contribution in [-0.4, -0.2) is 176 Å². The molecule has 0 radical (unpaired) electrons. The predicted octanol–water partition coefficient (Wildman–Crippen LogP) is 17.7. The molecule has 109 heavy (non-hydrogen) atoms. The largest absolute Gasteiger partial charge is 0.427 e. The number of nitrogens with zero attached hydrogens (tertiary/aromatic N) is 5. The molecular formula is C89H122N10O10. The summed E-state index contributed by atoms with van der Waals surface area (Å²) in [5.74, 6) is 1.53. The van der Waals surface area contributed by atoms with E-state index < -0.39 is 0 Å². The van der Waals surface area contributed by atoms with Crippen LogP contribution in [0.3, 0.4) is 0 Å². The fourth-order valence-electron chi connectivity index (χ4n) is 13.6. The van der Waals surface area contributed by atoms with Gasteiger partial charge < -0.3 is 58.4 Å². The van der Waals surface area contributed by atoms with Crippen molar-refractivity contribution >= 4 is 84.4 Å². The summed E-state index contributed by atoms with van der Waals surface area (Å²) in [6.45, 7) is 52.7. The summed E-state index contributed by atoms with van der Waals surface area (Å²) < 4.78 is 25.9. The molecule has 10 aromatic rings.